The third kappa shape index (κ3) is 4.55. The Kier molecular flexibility index (Phi) is 7.25. The lowest BCUT2D eigenvalue weighted by molar-refractivity contribution is 0.0958. The number of anilines is 1. The molecule has 6 nitrogen and oxygen atoms in total. The van der Waals surface area contributed by atoms with Crippen LogP contribution in [0.25, 0.3) is 0 Å². The van der Waals surface area contributed by atoms with Crippen LogP contribution in [-0.2, 0) is 10.0 Å². The lowest BCUT2D eigenvalue weighted by Crippen LogP contribution is -2.32. The first kappa shape index (κ1) is 21.5. The highest BCUT2D eigenvalue weighted by Gasteiger charge is 2.27. The Morgan fingerprint density at radius 2 is 1.93 bits per heavy atom. The third-order valence-corrected chi connectivity index (χ3v) is 5.93. The van der Waals surface area contributed by atoms with Gasteiger partial charge in [-0.15, -0.1) is 13.2 Å². The van der Waals surface area contributed by atoms with Crippen molar-refractivity contribution in [1.29, 1.82) is 0 Å². The molecule has 0 saturated heterocycles. The molecule has 2 rings (SSSR count). The van der Waals surface area contributed by atoms with Crippen molar-refractivity contribution in [3.05, 3.63) is 78.4 Å². The quantitative estimate of drug-likeness (QED) is 0.628. The molecule has 0 saturated carbocycles. The summed E-state index contributed by atoms with van der Waals surface area (Å²) in [5, 5.41) is 2.73. The van der Waals surface area contributed by atoms with E-state index in [1.807, 2.05) is 0 Å². The van der Waals surface area contributed by atoms with E-state index in [2.05, 4.69) is 18.5 Å². The van der Waals surface area contributed by atoms with Crippen LogP contribution in [0.4, 0.5) is 5.69 Å². The van der Waals surface area contributed by atoms with Crippen LogP contribution in [0.15, 0.2) is 72.7 Å². The van der Waals surface area contributed by atoms with Gasteiger partial charge in [0.05, 0.1) is 34.8 Å². The highest BCUT2D eigenvalue weighted by Crippen LogP contribution is 2.33. The van der Waals surface area contributed by atoms with Gasteiger partial charge in [0.2, 0.25) is 0 Å². The first-order valence-electron chi connectivity index (χ1n) is 8.32. The Balaban J connectivity index is 2.55. The van der Waals surface area contributed by atoms with E-state index in [4.69, 9.17) is 16.3 Å². The summed E-state index contributed by atoms with van der Waals surface area (Å²) in [7, 11) is -2.56. The molecular weight excluding hydrogens is 400 g/mol. The number of carbonyl (C=O) groups is 1. The molecule has 0 heterocycles. The van der Waals surface area contributed by atoms with Gasteiger partial charge in [0.15, 0.2) is 0 Å². The molecule has 0 unspecified atom stereocenters. The predicted molar refractivity (Wildman–Crippen MR) is 112 cm³/mol. The summed E-state index contributed by atoms with van der Waals surface area (Å²) in [5.41, 5.74) is 0.417. The van der Waals surface area contributed by atoms with Gasteiger partial charge in [-0.25, -0.2) is 8.42 Å². The molecule has 0 aliphatic carbocycles. The minimum Gasteiger partial charge on any atom is -0.495 e. The molecule has 2 aromatic rings. The van der Waals surface area contributed by atoms with Crippen molar-refractivity contribution in [3.63, 3.8) is 0 Å². The number of hydrogen-bond donors (Lipinski definition) is 1. The fourth-order valence-corrected chi connectivity index (χ4v) is 4.18. The van der Waals surface area contributed by atoms with Crippen molar-refractivity contribution in [1.82, 2.24) is 5.32 Å². The zero-order valence-electron chi connectivity index (χ0n) is 15.4. The van der Waals surface area contributed by atoms with Gasteiger partial charge in [0.1, 0.15) is 5.75 Å². The van der Waals surface area contributed by atoms with E-state index in [1.54, 1.807) is 24.3 Å². The second-order valence-electron chi connectivity index (χ2n) is 5.64. The second kappa shape index (κ2) is 9.43. The number of halogens is 1. The van der Waals surface area contributed by atoms with E-state index >= 15 is 0 Å². The Morgan fingerprint density at radius 3 is 2.57 bits per heavy atom. The van der Waals surface area contributed by atoms with Gasteiger partial charge in [0.25, 0.3) is 15.9 Å². The molecule has 0 atom stereocenters. The van der Waals surface area contributed by atoms with E-state index in [0.717, 1.165) is 4.31 Å². The molecule has 2 aromatic carbocycles. The number of ether oxygens (including phenoxy) is 1. The maximum atomic E-state index is 13.3. The van der Waals surface area contributed by atoms with Crippen LogP contribution in [0, 0.1) is 0 Å². The Morgan fingerprint density at radius 1 is 1.21 bits per heavy atom. The monoisotopic (exact) mass is 420 g/mol. The molecule has 0 radical (unpaired) electrons. The van der Waals surface area contributed by atoms with Crippen molar-refractivity contribution in [2.24, 2.45) is 0 Å². The summed E-state index contributed by atoms with van der Waals surface area (Å²) in [4.78, 5) is 12.2. The van der Waals surface area contributed by atoms with Gasteiger partial charge in [-0.2, -0.15) is 0 Å². The van der Waals surface area contributed by atoms with Crippen LogP contribution >= 0.6 is 11.6 Å². The van der Waals surface area contributed by atoms with Gasteiger partial charge >= 0.3 is 0 Å². The highest BCUT2D eigenvalue weighted by atomic mass is 35.5. The smallest absolute Gasteiger partial charge is 0.264 e. The van der Waals surface area contributed by atoms with Crippen molar-refractivity contribution < 1.29 is 17.9 Å². The number of benzene rings is 2. The fourth-order valence-electron chi connectivity index (χ4n) is 2.51. The summed E-state index contributed by atoms with van der Waals surface area (Å²) in [6.07, 6.45) is 2.98. The Bertz CT molecular complexity index is 989. The Labute approximate surface area is 170 Å². The number of rotatable bonds is 9. The number of sulfonamides is 1. The van der Waals surface area contributed by atoms with Gasteiger partial charge in [0, 0.05) is 6.54 Å². The van der Waals surface area contributed by atoms with Crippen LogP contribution in [0.3, 0.4) is 0 Å². The van der Waals surface area contributed by atoms with Crippen LogP contribution in [0.2, 0.25) is 5.02 Å². The molecule has 8 heteroatoms. The molecular formula is C20H21ClN2O4S. The number of methoxy groups -OCH3 is 1. The molecule has 0 spiro atoms. The number of hydrogen-bond acceptors (Lipinski definition) is 4. The van der Waals surface area contributed by atoms with Crippen molar-refractivity contribution in [3.8, 4) is 5.75 Å². The number of amides is 1. The van der Waals surface area contributed by atoms with Gasteiger partial charge in [-0.1, -0.05) is 35.9 Å². The molecule has 0 fully saturated rings. The molecule has 1 amide bonds. The average Bonchev–Trinajstić information content (AvgIpc) is 2.70. The summed E-state index contributed by atoms with van der Waals surface area (Å²) >= 11 is 6.09. The molecule has 0 aliphatic rings. The van der Waals surface area contributed by atoms with Crippen LogP contribution in [0.5, 0.6) is 5.75 Å². The first-order valence-corrected chi connectivity index (χ1v) is 10.1. The van der Waals surface area contributed by atoms with E-state index < -0.39 is 15.9 Å². The summed E-state index contributed by atoms with van der Waals surface area (Å²) in [6, 6.07) is 10.7. The average molecular weight is 421 g/mol. The second-order valence-corrected chi connectivity index (χ2v) is 7.91. The van der Waals surface area contributed by atoms with Crippen molar-refractivity contribution in [2.75, 3.05) is 24.5 Å². The Hall–Kier alpha value is -2.77. The minimum atomic E-state index is -4.02. The van der Waals surface area contributed by atoms with Crippen LogP contribution < -0.4 is 14.4 Å². The topological polar surface area (TPSA) is 75.7 Å². The van der Waals surface area contributed by atoms with Gasteiger partial charge in [-0.3, -0.25) is 9.10 Å². The largest absolute Gasteiger partial charge is 0.495 e. The number of nitrogens with one attached hydrogen (secondary N) is 1. The van der Waals surface area contributed by atoms with Crippen LogP contribution in [-0.4, -0.2) is 34.5 Å². The highest BCUT2D eigenvalue weighted by molar-refractivity contribution is 7.92. The van der Waals surface area contributed by atoms with Crippen molar-refractivity contribution in [2.45, 2.75) is 4.90 Å². The van der Waals surface area contributed by atoms with E-state index in [9.17, 15) is 13.2 Å². The summed E-state index contributed by atoms with van der Waals surface area (Å²) < 4.78 is 33.1. The lowest BCUT2D eigenvalue weighted by atomic mass is 10.2. The number of para-hydroxylation sites is 2. The fraction of sp³-hybridized carbons (Fsp3) is 0.150. The van der Waals surface area contributed by atoms with E-state index in [0.29, 0.717) is 11.4 Å². The maximum Gasteiger partial charge on any atom is 0.264 e. The maximum absolute atomic E-state index is 13.3. The number of nitrogens with zero attached hydrogens (tertiary/aromatic N) is 1. The van der Waals surface area contributed by atoms with Crippen LogP contribution in [0.1, 0.15) is 10.4 Å². The lowest BCUT2D eigenvalue weighted by Gasteiger charge is -2.25. The van der Waals surface area contributed by atoms with E-state index in [-0.39, 0.29) is 28.6 Å². The van der Waals surface area contributed by atoms with E-state index in [1.165, 1.54) is 37.5 Å². The summed E-state index contributed by atoms with van der Waals surface area (Å²) in [6.45, 7) is 7.42. The predicted octanol–water partition coefficient (Wildman–Crippen LogP) is 3.65. The minimum absolute atomic E-state index is 0.0172. The molecule has 0 aromatic heterocycles. The molecule has 1 N–H and O–H groups in total. The SMILES string of the molecule is C=CCNC(=O)c1cc(S(=O)(=O)N(CC=C)c2ccccc2OC)ccc1Cl. The van der Waals surface area contributed by atoms with Gasteiger partial charge in [-0.05, 0) is 30.3 Å². The third-order valence-electron chi connectivity index (χ3n) is 3.83. The summed E-state index contributed by atoms with van der Waals surface area (Å²) in [5.74, 6) is -0.0969. The molecule has 28 heavy (non-hydrogen) atoms. The normalized spacial score (nSPS) is 10.8. The number of carbonyl (C=O) groups excluding carboxylic acids is 1. The van der Waals surface area contributed by atoms with Crippen molar-refractivity contribution >= 4 is 33.2 Å². The molecule has 0 bridgehead atoms. The molecule has 148 valence electrons. The molecule has 0 aliphatic heterocycles. The standard InChI is InChI=1S/C20H21ClN2O4S/c1-4-12-22-20(24)16-14-15(10-11-17(16)21)28(25,26)23(13-5-2)18-8-6-7-9-19(18)27-3/h4-11,14H,1-2,12-13H2,3H3,(H,22,24). The zero-order chi connectivity index (χ0) is 20.7. The zero-order valence-corrected chi connectivity index (χ0v) is 17.0. The first-order chi connectivity index (χ1) is 13.4. The van der Waals surface area contributed by atoms with Gasteiger partial charge < -0.3 is 10.1 Å².